The number of ether oxygens (including phenoxy) is 1. The summed E-state index contributed by atoms with van der Waals surface area (Å²) < 4.78 is 5.57. The van der Waals surface area contributed by atoms with Gasteiger partial charge in [0.1, 0.15) is 5.75 Å². The second kappa shape index (κ2) is 8.76. The first-order valence-corrected chi connectivity index (χ1v) is 6.85. The molecule has 0 aliphatic rings. The lowest BCUT2D eigenvalue weighted by molar-refractivity contribution is 0.317. The Morgan fingerprint density at radius 2 is 2.06 bits per heavy atom. The highest BCUT2D eigenvalue weighted by Crippen LogP contribution is 2.17. The first kappa shape index (κ1) is 14.8. The molecule has 0 bridgehead atoms. The van der Waals surface area contributed by atoms with Crippen molar-refractivity contribution < 1.29 is 4.74 Å². The average molecular weight is 247 g/mol. The number of rotatable bonds is 9. The molecule has 0 spiro atoms. The van der Waals surface area contributed by atoms with Crippen molar-refractivity contribution in [3.05, 3.63) is 42.5 Å². The van der Waals surface area contributed by atoms with Gasteiger partial charge < -0.3 is 10.1 Å². The Morgan fingerprint density at radius 3 is 2.67 bits per heavy atom. The topological polar surface area (TPSA) is 21.3 Å². The second-order valence-electron chi connectivity index (χ2n) is 4.52. The van der Waals surface area contributed by atoms with Gasteiger partial charge in [-0.3, -0.25) is 0 Å². The molecule has 0 amide bonds. The summed E-state index contributed by atoms with van der Waals surface area (Å²) in [5.41, 5.74) is 1.30. The summed E-state index contributed by atoms with van der Waals surface area (Å²) in [6.45, 7) is 9.85. The normalized spacial score (nSPS) is 12.1. The molecule has 1 unspecified atom stereocenters. The van der Waals surface area contributed by atoms with E-state index in [0.717, 1.165) is 38.2 Å². The van der Waals surface area contributed by atoms with E-state index in [4.69, 9.17) is 4.74 Å². The lowest BCUT2D eigenvalue weighted by atomic mass is 10.1. The molecule has 100 valence electrons. The zero-order chi connectivity index (χ0) is 13.2. The molecule has 0 fully saturated rings. The molecule has 1 rings (SSSR count). The zero-order valence-corrected chi connectivity index (χ0v) is 11.6. The van der Waals surface area contributed by atoms with E-state index >= 15 is 0 Å². The molecule has 1 N–H and O–H groups in total. The van der Waals surface area contributed by atoms with Gasteiger partial charge in [-0.15, -0.1) is 6.58 Å². The number of unbranched alkanes of at least 4 members (excludes halogenated alkanes) is 1. The monoisotopic (exact) mass is 247 g/mol. The molecule has 0 radical (unpaired) electrons. The molecule has 2 heteroatoms. The number of hydrogen-bond acceptors (Lipinski definition) is 2. The number of nitrogens with one attached hydrogen (secondary N) is 1. The molecule has 18 heavy (non-hydrogen) atoms. The van der Waals surface area contributed by atoms with Crippen LogP contribution in [-0.4, -0.2) is 13.2 Å². The van der Waals surface area contributed by atoms with Gasteiger partial charge in [-0.1, -0.05) is 25.1 Å². The van der Waals surface area contributed by atoms with E-state index in [-0.39, 0.29) is 0 Å². The van der Waals surface area contributed by atoms with Crippen LogP contribution in [0.25, 0.3) is 0 Å². The predicted octanol–water partition coefficient (Wildman–Crippen LogP) is 4.09. The van der Waals surface area contributed by atoms with E-state index in [2.05, 4.69) is 37.9 Å². The van der Waals surface area contributed by atoms with Crippen LogP contribution in [0.2, 0.25) is 0 Å². The van der Waals surface area contributed by atoms with Crippen molar-refractivity contribution in [1.82, 2.24) is 5.32 Å². The molecule has 0 heterocycles. The highest BCUT2D eigenvalue weighted by Gasteiger charge is 2.04. The third-order valence-electron chi connectivity index (χ3n) is 2.89. The van der Waals surface area contributed by atoms with Crippen LogP contribution >= 0.6 is 0 Å². The second-order valence-corrected chi connectivity index (χ2v) is 4.52. The van der Waals surface area contributed by atoms with Crippen molar-refractivity contribution in [3.63, 3.8) is 0 Å². The van der Waals surface area contributed by atoms with Gasteiger partial charge in [0.05, 0.1) is 6.61 Å². The Bertz CT molecular complexity index is 331. The fourth-order valence-electron chi connectivity index (χ4n) is 1.76. The van der Waals surface area contributed by atoms with E-state index in [0.29, 0.717) is 6.04 Å². The van der Waals surface area contributed by atoms with E-state index in [9.17, 15) is 0 Å². The molecule has 0 saturated carbocycles. The molecule has 1 aromatic rings. The minimum Gasteiger partial charge on any atom is -0.494 e. The van der Waals surface area contributed by atoms with Gasteiger partial charge in [0.2, 0.25) is 0 Å². The number of allylic oxidation sites excluding steroid dienone is 1. The fraction of sp³-hybridized carbons (Fsp3) is 0.500. The van der Waals surface area contributed by atoms with Gasteiger partial charge in [-0.05, 0) is 50.4 Å². The van der Waals surface area contributed by atoms with Crippen LogP contribution in [0.1, 0.15) is 44.7 Å². The highest BCUT2D eigenvalue weighted by molar-refractivity contribution is 5.28. The molecule has 1 aromatic carbocycles. The third kappa shape index (κ3) is 5.37. The summed E-state index contributed by atoms with van der Waals surface area (Å²) in [5, 5.41) is 3.51. The Hall–Kier alpha value is -1.28. The summed E-state index contributed by atoms with van der Waals surface area (Å²) in [7, 11) is 0. The average Bonchev–Trinajstić information content (AvgIpc) is 2.41. The molecule has 0 saturated heterocycles. The molecule has 0 aliphatic heterocycles. The Kier molecular flexibility index (Phi) is 7.19. The van der Waals surface area contributed by atoms with Crippen LogP contribution in [-0.2, 0) is 0 Å². The van der Waals surface area contributed by atoms with Crippen LogP contribution in [0.4, 0.5) is 0 Å². The lowest BCUT2D eigenvalue weighted by Gasteiger charge is -2.14. The minimum atomic E-state index is 0.384. The maximum Gasteiger partial charge on any atom is 0.119 e. The van der Waals surface area contributed by atoms with Crippen molar-refractivity contribution in [1.29, 1.82) is 0 Å². The standard InChI is InChI=1S/C16H25NO/c1-4-6-7-12-17-14(3)15-8-10-16(11-9-15)18-13-5-2/h4,8-11,14,17H,1,5-7,12-13H2,2-3H3. The maximum absolute atomic E-state index is 5.57. The molecular formula is C16H25NO. The lowest BCUT2D eigenvalue weighted by Crippen LogP contribution is -2.19. The quantitative estimate of drug-likeness (QED) is 0.524. The van der Waals surface area contributed by atoms with Gasteiger partial charge in [-0.25, -0.2) is 0 Å². The summed E-state index contributed by atoms with van der Waals surface area (Å²) in [4.78, 5) is 0. The fourth-order valence-corrected chi connectivity index (χ4v) is 1.76. The summed E-state index contributed by atoms with van der Waals surface area (Å²) in [6.07, 6.45) is 5.23. The smallest absolute Gasteiger partial charge is 0.119 e. The van der Waals surface area contributed by atoms with Crippen LogP contribution in [0.15, 0.2) is 36.9 Å². The highest BCUT2D eigenvalue weighted by atomic mass is 16.5. The predicted molar refractivity (Wildman–Crippen MR) is 78.1 cm³/mol. The molecule has 2 nitrogen and oxygen atoms in total. The van der Waals surface area contributed by atoms with E-state index in [1.807, 2.05) is 18.2 Å². The van der Waals surface area contributed by atoms with Crippen LogP contribution < -0.4 is 10.1 Å². The van der Waals surface area contributed by atoms with Crippen molar-refractivity contribution in [2.75, 3.05) is 13.2 Å². The summed E-state index contributed by atoms with van der Waals surface area (Å²) in [6, 6.07) is 8.75. The maximum atomic E-state index is 5.57. The molecule has 1 atom stereocenters. The van der Waals surface area contributed by atoms with Crippen LogP contribution in [0, 0.1) is 0 Å². The first-order chi connectivity index (χ1) is 8.77. The largest absolute Gasteiger partial charge is 0.494 e. The van der Waals surface area contributed by atoms with Gasteiger partial charge in [0, 0.05) is 6.04 Å². The zero-order valence-electron chi connectivity index (χ0n) is 11.6. The van der Waals surface area contributed by atoms with E-state index in [1.54, 1.807) is 0 Å². The van der Waals surface area contributed by atoms with Crippen molar-refractivity contribution in [2.45, 2.75) is 39.2 Å². The van der Waals surface area contributed by atoms with Gasteiger partial charge in [-0.2, -0.15) is 0 Å². The van der Waals surface area contributed by atoms with Gasteiger partial charge in [0.25, 0.3) is 0 Å². The van der Waals surface area contributed by atoms with Crippen LogP contribution in [0.5, 0.6) is 5.75 Å². The van der Waals surface area contributed by atoms with Crippen LogP contribution in [0.3, 0.4) is 0 Å². The van der Waals surface area contributed by atoms with Crippen molar-refractivity contribution in [2.24, 2.45) is 0 Å². The third-order valence-corrected chi connectivity index (χ3v) is 2.89. The first-order valence-electron chi connectivity index (χ1n) is 6.85. The van der Waals surface area contributed by atoms with Crippen molar-refractivity contribution in [3.8, 4) is 5.75 Å². The summed E-state index contributed by atoms with van der Waals surface area (Å²) >= 11 is 0. The minimum absolute atomic E-state index is 0.384. The SMILES string of the molecule is C=CCCCNC(C)c1ccc(OCCC)cc1. The molecule has 0 aromatic heterocycles. The number of hydrogen-bond donors (Lipinski definition) is 1. The van der Waals surface area contributed by atoms with Gasteiger partial charge >= 0.3 is 0 Å². The Labute approximate surface area is 111 Å². The number of benzene rings is 1. The Morgan fingerprint density at radius 1 is 1.33 bits per heavy atom. The Balaban J connectivity index is 2.38. The van der Waals surface area contributed by atoms with E-state index < -0.39 is 0 Å². The summed E-state index contributed by atoms with van der Waals surface area (Å²) in [5.74, 6) is 0.958. The van der Waals surface area contributed by atoms with Gasteiger partial charge in [0.15, 0.2) is 0 Å². The van der Waals surface area contributed by atoms with E-state index in [1.165, 1.54) is 5.56 Å². The molecular weight excluding hydrogens is 222 g/mol. The molecule has 0 aliphatic carbocycles. The van der Waals surface area contributed by atoms with Crippen molar-refractivity contribution >= 4 is 0 Å².